The van der Waals surface area contributed by atoms with Gasteiger partial charge in [-0.25, -0.2) is 4.39 Å². The first-order valence-corrected chi connectivity index (χ1v) is 10.2. The van der Waals surface area contributed by atoms with Crippen molar-refractivity contribution in [3.05, 3.63) is 60.2 Å². The van der Waals surface area contributed by atoms with Crippen LogP contribution in [0, 0.1) is 17.6 Å². The lowest BCUT2D eigenvalue weighted by Gasteiger charge is -2.27. The van der Waals surface area contributed by atoms with Crippen LogP contribution in [-0.2, 0) is 4.74 Å². The van der Waals surface area contributed by atoms with Gasteiger partial charge >= 0.3 is 0 Å². The molecular weight excluding hydrogens is 374 g/mol. The molecule has 1 fully saturated rings. The smallest absolute Gasteiger partial charge is 0.201 e. The van der Waals surface area contributed by atoms with Crippen LogP contribution in [0.2, 0.25) is 0 Å². The Morgan fingerprint density at radius 1 is 1.03 bits per heavy atom. The Morgan fingerprint density at radius 3 is 2.48 bits per heavy atom. The van der Waals surface area contributed by atoms with E-state index in [1.54, 1.807) is 30.3 Å². The summed E-state index contributed by atoms with van der Waals surface area (Å²) in [6.45, 7) is 5.52. The normalized spacial score (nSPS) is 19.4. The van der Waals surface area contributed by atoms with Gasteiger partial charge in [0.05, 0.1) is 25.9 Å². The standard InChI is InChI=1S/C24H28F2O3/c1-3-5-19-9-6-17(15-28-19)16-29-20-10-7-18(8-11-20)21-12-13-22(27-14-4-2)24(26)23(21)25/h3,5,7-8,10-13,17,19H,4,6,9,14-16H2,1-2H3. The molecule has 3 rings (SSSR count). The Kier molecular flexibility index (Phi) is 7.64. The van der Waals surface area contributed by atoms with Crippen LogP contribution in [0.15, 0.2) is 48.6 Å². The minimum Gasteiger partial charge on any atom is -0.493 e. The van der Waals surface area contributed by atoms with Crippen molar-refractivity contribution in [2.45, 2.75) is 39.2 Å². The highest BCUT2D eigenvalue weighted by Gasteiger charge is 2.20. The number of hydrogen-bond acceptors (Lipinski definition) is 3. The SMILES string of the molecule is CC=CC1CCC(COc2ccc(-c3ccc(OCCC)c(F)c3F)cc2)CO1. The van der Waals surface area contributed by atoms with Crippen LogP contribution < -0.4 is 9.47 Å². The van der Waals surface area contributed by atoms with E-state index in [4.69, 9.17) is 14.2 Å². The highest BCUT2D eigenvalue weighted by Crippen LogP contribution is 2.31. The van der Waals surface area contributed by atoms with Crippen LogP contribution in [0.25, 0.3) is 11.1 Å². The molecule has 0 bridgehead atoms. The lowest BCUT2D eigenvalue weighted by Crippen LogP contribution is -2.28. The second-order valence-corrected chi connectivity index (χ2v) is 7.26. The highest BCUT2D eigenvalue weighted by atomic mass is 19.2. The summed E-state index contributed by atoms with van der Waals surface area (Å²) in [7, 11) is 0. The Balaban J connectivity index is 1.58. The summed E-state index contributed by atoms with van der Waals surface area (Å²) in [5.41, 5.74) is 0.791. The first-order chi connectivity index (χ1) is 14.1. The van der Waals surface area contributed by atoms with E-state index < -0.39 is 11.6 Å². The Labute approximate surface area is 171 Å². The third kappa shape index (κ3) is 5.57. The van der Waals surface area contributed by atoms with E-state index in [9.17, 15) is 8.78 Å². The number of rotatable bonds is 8. The molecule has 1 aliphatic rings. The number of ether oxygens (including phenoxy) is 3. The number of halogens is 2. The maximum atomic E-state index is 14.4. The number of benzene rings is 2. The zero-order valence-corrected chi connectivity index (χ0v) is 17.0. The lowest BCUT2D eigenvalue weighted by molar-refractivity contribution is -0.00304. The van der Waals surface area contributed by atoms with Crippen molar-refractivity contribution in [1.82, 2.24) is 0 Å². The van der Waals surface area contributed by atoms with E-state index in [0.717, 1.165) is 19.3 Å². The van der Waals surface area contributed by atoms with Crippen molar-refractivity contribution in [2.75, 3.05) is 19.8 Å². The minimum atomic E-state index is -0.954. The summed E-state index contributed by atoms with van der Waals surface area (Å²) in [5.74, 6) is -0.849. The van der Waals surface area contributed by atoms with Crippen LogP contribution in [0.3, 0.4) is 0 Å². The monoisotopic (exact) mass is 402 g/mol. The van der Waals surface area contributed by atoms with E-state index in [2.05, 4.69) is 6.08 Å². The van der Waals surface area contributed by atoms with Gasteiger partial charge < -0.3 is 14.2 Å². The van der Waals surface area contributed by atoms with Gasteiger partial charge in [-0.2, -0.15) is 4.39 Å². The van der Waals surface area contributed by atoms with Crippen molar-refractivity contribution < 1.29 is 23.0 Å². The molecule has 3 nitrogen and oxygen atoms in total. The fraction of sp³-hybridized carbons (Fsp3) is 0.417. The topological polar surface area (TPSA) is 27.7 Å². The van der Waals surface area contributed by atoms with Crippen LogP contribution >= 0.6 is 0 Å². The molecule has 1 aliphatic heterocycles. The quantitative estimate of drug-likeness (QED) is 0.494. The molecule has 2 aromatic rings. The summed E-state index contributed by atoms with van der Waals surface area (Å²) in [6.07, 6.45) is 7.10. The molecule has 1 saturated heterocycles. The second-order valence-electron chi connectivity index (χ2n) is 7.26. The summed E-state index contributed by atoms with van der Waals surface area (Å²) in [4.78, 5) is 0. The molecule has 0 radical (unpaired) electrons. The van der Waals surface area contributed by atoms with Crippen molar-refractivity contribution in [3.8, 4) is 22.6 Å². The number of allylic oxidation sites excluding steroid dienone is 1. The van der Waals surface area contributed by atoms with E-state index in [-0.39, 0.29) is 17.4 Å². The largest absolute Gasteiger partial charge is 0.493 e. The Hall–Kier alpha value is -2.40. The maximum absolute atomic E-state index is 14.4. The van der Waals surface area contributed by atoms with Crippen molar-refractivity contribution in [3.63, 3.8) is 0 Å². The van der Waals surface area contributed by atoms with Crippen LogP contribution in [0.1, 0.15) is 33.1 Å². The van der Waals surface area contributed by atoms with E-state index in [1.807, 2.05) is 19.9 Å². The van der Waals surface area contributed by atoms with Crippen LogP contribution in [0.4, 0.5) is 8.78 Å². The van der Waals surface area contributed by atoms with Gasteiger partial charge in [0, 0.05) is 11.5 Å². The Morgan fingerprint density at radius 2 is 1.83 bits per heavy atom. The van der Waals surface area contributed by atoms with Crippen molar-refractivity contribution in [1.29, 1.82) is 0 Å². The second kappa shape index (κ2) is 10.4. The van der Waals surface area contributed by atoms with Crippen LogP contribution in [0.5, 0.6) is 11.5 Å². The first kappa shape index (κ1) is 21.3. The molecule has 0 aromatic heterocycles. The molecule has 5 heteroatoms. The van der Waals surface area contributed by atoms with Gasteiger partial charge in [-0.3, -0.25) is 0 Å². The predicted molar refractivity (Wildman–Crippen MR) is 110 cm³/mol. The Bertz CT molecular complexity index is 810. The molecule has 2 atom stereocenters. The molecule has 0 amide bonds. The van der Waals surface area contributed by atoms with E-state index in [1.165, 1.54) is 6.07 Å². The predicted octanol–water partition coefficient (Wildman–Crippen LogP) is 6.17. The molecule has 0 saturated carbocycles. The minimum absolute atomic E-state index is 0.0561. The summed E-state index contributed by atoms with van der Waals surface area (Å²) >= 11 is 0. The third-order valence-electron chi connectivity index (χ3n) is 4.97. The molecule has 0 spiro atoms. The summed E-state index contributed by atoms with van der Waals surface area (Å²) < 4.78 is 45.6. The third-order valence-corrected chi connectivity index (χ3v) is 4.97. The zero-order valence-electron chi connectivity index (χ0n) is 17.0. The molecule has 1 heterocycles. The lowest BCUT2D eigenvalue weighted by atomic mass is 9.99. The number of hydrogen-bond donors (Lipinski definition) is 0. The fourth-order valence-corrected chi connectivity index (χ4v) is 3.35. The molecule has 0 aliphatic carbocycles. The van der Waals surface area contributed by atoms with Gasteiger partial charge in [0.1, 0.15) is 5.75 Å². The first-order valence-electron chi connectivity index (χ1n) is 10.2. The average molecular weight is 402 g/mol. The van der Waals surface area contributed by atoms with E-state index in [0.29, 0.717) is 37.1 Å². The van der Waals surface area contributed by atoms with Gasteiger partial charge in [-0.1, -0.05) is 31.2 Å². The molecular formula is C24H28F2O3. The highest BCUT2D eigenvalue weighted by molar-refractivity contribution is 5.66. The van der Waals surface area contributed by atoms with Gasteiger partial charge in [0.25, 0.3) is 0 Å². The van der Waals surface area contributed by atoms with Crippen LogP contribution in [-0.4, -0.2) is 25.9 Å². The zero-order chi connectivity index (χ0) is 20.6. The molecule has 2 aromatic carbocycles. The maximum Gasteiger partial charge on any atom is 0.201 e. The molecule has 2 unspecified atom stereocenters. The van der Waals surface area contributed by atoms with E-state index >= 15 is 0 Å². The molecule has 0 N–H and O–H groups in total. The van der Waals surface area contributed by atoms with Crippen molar-refractivity contribution in [2.24, 2.45) is 5.92 Å². The molecule has 29 heavy (non-hydrogen) atoms. The average Bonchev–Trinajstić information content (AvgIpc) is 2.75. The fourth-order valence-electron chi connectivity index (χ4n) is 3.35. The van der Waals surface area contributed by atoms with Gasteiger partial charge in [0.2, 0.25) is 5.82 Å². The van der Waals surface area contributed by atoms with Gasteiger partial charge in [0.15, 0.2) is 11.6 Å². The summed E-state index contributed by atoms with van der Waals surface area (Å²) in [6, 6.07) is 10.0. The molecule has 156 valence electrons. The summed E-state index contributed by atoms with van der Waals surface area (Å²) in [5, 5.41) is 0. The van der Waals surface area contributed by atoms with Gasteiger partial charge in [-0.05, 0) is 56.0 Å². The van der Waals surface area contributed by atoms with Crippen molar-refractivity contribution >= 4 is 0 Å². The van der Waals surface area contributed by atoms with Gasteiger partial charge in [-0.15, -0.1) is 0 Å².